The molecule has 0 saturated heterocycles. The predicted octanol–water partition coefficient (Wildman–Crippen LogP) is 1.43. The molecule has 14 heteroatoms. The highest BCUT2D eigenvalue weighted by atomic mass is 16.3. The van der Waals surface area contributed by atoms with Crippen LogP contribution in [0.2, 0.25) is 0 Å². The molecule has 0 fully saturated rings. The number of aliphatic hydroxyl groups is 1. The number of hydrogen-bond acceptors (Lipinski definition) is 13. The zero-order valence-corrected chi connectivity index (χ0v) is 32.1. The number of aliphatic hydroxyl groups excluding tert-OH is 1. The molecule has 1 aromatic carbocycles. The summed E-state index contributed by atoms with van der Waals surface area (Å²) in [6.07, 6.45) is 7.96. The highest BCUT2D eigenvalue weighted by molar-refractivity contribution is 6.42. The summed E-state index contributed by atoms with van der Waals surface area (Å²) in [6, 6.07) is 4.67. The summed E-state index contributed by atoms with van der Waals surface area (Å²) in [5.41, 5.74) is 21.3. The van der Waals surface area contributed by atoms with Crippen LogP contribution in [0.1, 0.15) is 104 Å². The van der Waals surface area contributed by atoms with E-state index < -0.39 is 70.4 Å². The van der Waals surface area contributed by atoms with Crippen LogP contribution >= 0.6 is 0 Å². The average molecular weight is 742 g/mol. The van der Waals surface area contributed by atoms with Crippen LogP contribution in [0.4, 0.5) is 0 Å². The third-order valence-corrected chi connectivity index (χ3v) is 9.67. The number of ketones is 4. The fourth-order valence-corrected chi connectivity index (χ4v) is 6.11. The minimum atomic E-state index is -1.46. The third-order valence-electron chi connectivity index (χ3n) is 9.67. The number of carbonyl (C=O) groups is 6. The first-order chi connectivity index (χ1) is 25.1. The van der Waals surface area contributed by atoms with E-state index in [0.717, 1.165) is 5.56 Å². The van der Waals surface area contributed by atoms with Gasteiger partial charge in [-0.15, -0.1) is 0 Å². The molecule has 10 N–H and O–H groups in total. The number of carbonyl (C=O) groups excluding carboxylic acids is 6. The molecular formula is C39H63N7O7. The first-order valence-corrected chi connectivity index (χ1v) is 18.9. The van der Waals surface area contributed by atoms with Crippen molar-refractivity contribution in [1.82, 2.24) is 27.0 Å². The van der Waals surface area contributed by atoms with Gasteiger partial charge in [0, 0.05) is 0 Å². The second kappa shape index (κ2) is 22.7. The van der Waals surface area contributed by atoms with E-state index in [1.54, 1.807) is 26.0 Å². The molecule has 0 saturated carbocycles. The van der Waals surface area contributed by atoms with Gasteiger partial charge in [-0.25, -0.2) is 21.7 Å². The summed E-state index contributed by atoms with van der Waals surface area (Å²) in [5.74, 6) is -3.76. The first kappa shape index (κ1) is 45.7. The van der Waals surface area contributed by atoms with Gasteiger partial charge in [0.05, 0.1) is 29.8 Å². The normalized spacial score (nSPS) is 26.5. The van der Waals surface area contributed by atoms with Crippen molar-refractivity contribution in [3.8, 4) is 0 Å². The molecule has 1 aromatic rings. The zero-order valence-electron chi connectivity index (χ0n) is 32.1. The van der Waals surface area contributed by atoms with Crippen molar-refractivity contribution >= 4 is 35.3 Å². The summed E-state index contributed by atoms with van der Waals surface area (Å²) >= 11 is 0. The number of nitrogens with one attached hydrogen (secondary N) is 5. The van der Waals surface area contributed by atoms with E-state index in [0.29, 0.717) is 57.8 Å². The van der Waals surface area contributed by atoms with E-state index in [9.17, 15) is 33.9 Å². The Morgan fingerprint density at radius 2 is 1.60 bits per heavy atom. The first-order valence-electron chi connectivity index (χ1n) is 18.9. The van der Waals surface area contributed by atoms with Crippen LogP contribution < -0.4 is 38.5 Å². The van der Waals surface area contributed by atoms with Crippen molar-refractivity contribution in [3.05, 3.63) is 48.0 Å². The second-order valence-corrected chi connectivity index (χ2v) is 15.1. The van der Waals surface area contributed by atoms with Crippen LogP contribution in [-0.2, 0) is 35.2 Å². The summed E-state index contributed by atoms with van der Waals surface area (Å²) in [7, 11) is 0. The Kier molecular flexibility index (Phi) is 19.5. The van der Waals surface area contributed by atoms with Crippen molar-refractivity contribution in [2.45, 2.75) is 147 Å². The maximum absolute atomic E-state index is 14.2. The quantitative estimate of drug-likeness (QED) is 0.0394. The number of Topliss-reactive ketones (excluding diaryl/α,β-unsaturated/α-hetero) is 4. The van der Waals surface area contributed by atoms with Gasteiger partial charge in [0.25, 0.3) is 0 Å². The third kappa shape index (κ3) is 14.7. The molecule has 1 heterocycles. The molecule has 0 unspecified atom stereocenters. The van der Waals surface area contributed by atoms with Gasteiger partial charge in [0.2, 0.25) is 29.0 Å². The van der Waals surface area contributed by atoms with Crippen LogP contribution in [0.3, 0.4) is 0 Å². The number of hydrogen-bond donors (Lipinski definition) is 8. The van der Waals surface area contributed by atoms with Crippen molar-refractivity contribution in [1.29, 1.82) is 0 Å². The van der Waals surface area contributed by atoms with Gasteiger partial charge in [-0.1, -0.05) is 62.8 Å². The summed E-state index contributed by atoms with van der Waals surface area (Å²) in [4.78, 5) is 81.1. The average Bonchev–Trinajstić information content (AvgIpc) is 3.12. The molecule has 0 aliphatic carbocycles. The maximum Gasteiger partial charge on any atom is 0.241 e. The van der Waals surface area contributed by atoms with E-state index in [-0.39, 0.29) is 31.6 Å². The Bertz CT molecular complexity index is 1390. The van der Waals surface area contributed by atoms with Crippen LogP contribution in [-0.4, -0.2) is 88.3 Å². The maximum atomic E-state index is 14.2. The molecule has 0 radical (unpaired) electrons. The molecule has 0 aromatic heterocycles. The van der Waals surface area contributed by atoms with Crippen molar-refractivity contribution in [3.63, 3.8) is 0 Å². The van der Waals surface area contributed by atoms with Gasteiger partial charge in [-0.3, -0.25) is 24.0 Å². The number of benzene rings is 1. The minimum absolute atomic E-state index is 0.0654. The van der Waals surface area contributed by atoms with Crippen LogP contribution in [0.15, 0.2) is 42.5 Å². The van der Waals surface area contributed by atoms with Crippen molar-refractivity contribution in [2.75, 3.05) is 6.54 Å². The number of aldehydes is 1. The number of unbranched alkanes of at least 4 members (excludes halogenated alkanes) is 1. The number of hydrazine groups is 2. The van der Waals surface area contributed by atoms with Gasteiger partial charge >= 0.3 is 0 Å². The topological polar surface area (TPSA) is 235 Å². The molecule has 1 amide bonds. The fraction of sp³-hybridized carbons (Fsp3) is 0.641. The van der Waals surface area contributed by atoms with Crippen LogP contribution in [0.25, 0.3) is 0 Å². The Morgan fingerprint density at radius 3 is 2.19 bits per heavy atom. The molecule has 0 spiro atoms. The lowest BCUT2D eigenvalue weighted by Gasteiger charge is -2.34. The number of rotatable bonds is 16. The Labute approximate surface area is 314 Å². The second-order valence-electron chi connectivity index (χ2n) is 15.1. The van der Waals surface area contributed by atoms with Gasteiger partial charge in [0.1, 0.15) is 17.9 Å². The Hall–Kier alpha value is -3.50. The van der Waals surface area contributed by atoms with E-state index in [4.69, 9.17) is 11.5 Å². The molecule has 296 valence electrons. The number of nitrogens with two attached hydrogens (primary N) is 2. The highest BCUT2D eigenvalue weighted by Gasteiger charge is 2.42. The number of allylic oxidation sites excluding steroid dienone is 2. The molecule has 2 rings (SSSR count). The molecule has 1 aliphatic rings. The lowest BCUT2D eigenvalue weighted by molar-refractivity contribution is -0.142. The van der Waals surface area contributed by atoms with E-state index in [1.807, 2.05) is 44.2 Å². The lowest BCUT2D eigenvalue weighted by Crippen LogP contribution is -2.65. The monoisotopic (exact) mass is 741 g/mol. The summed E-state index contributed by atoms with van der Waals surface area (Å²) in [5, 5.41) is 12.8. The largest absolute Gasteiger partial charge is 0.391 e. The van der Waals surface area contributed by atoms with E-state index in [1.165, 1.54) is 6.92 Å². The number of amides is 1. The molecule has 0 bridgehead atoms. The molecule has 7 atom stereocenters. The summed E-state index contributed by atoms with van der Waals surface area (Å²) in [6.45, 7) is 8.85. The Balaban J connectivity index is 2.55. The molecule has 1 aliphatic heterocycles. The predicted molar refractivity (Wildman–Crippen MR) is 204 cm³/mol. The van der Waals surface area contributed by atoms with Gasteiger partial charge in [-0.2, -0.15) is 0 Å². The SMILES string of the molecule is CC(C)C[C@@H]1NC(=O)[C@](C)(NN[C@H](C=O)[C@@H](C)O)CCC/C=C\CCC[C@@](C)(C(=O)C(=O)[C@@H](N)CCCCN)NN[C@@H](Cc2ccccc2)C(=O)C1=O. The smallest absolute Gasteiger partial charge is 0.241 e. The highest BCUT2D eigenvalue weighted by Crippen LogP contribution is 2.20. The van der Waals surface area contributed by atoms with E-state index in [2.05, 4.69) is 27.0 Å². The van der Waals surface area contributed by atoms with Gasteiger partial charge in [-0.05, 0) is 103 Å². The van der Waals surface area contributed by atoms with Crippen molar-refractivity contribution < 1.29 is 33.9 Å². The lowest BCUT2D eigenvalue weighted by atomic mass is 9.85. The van der Waals surface area contributed by atoms with Gasteiger partial charge in [0.15, 0.2) is 0 Å². The minimum Gasteiger partial charge on any atom is -0.391 e. The molecule has 53 heavy (non-hydrogen) atoms. The Morgan fingerprint density at radius 1 is 0.981 bits per heavy atom. The molecular weight excluding hydrogens is 678 g/mol. The zero-order chi connectivity index (χ0) is 39.6. The van der Waals surface area contributed by atoms with Crippen LogP contribution in [0, 0.1) is 5.92 Å². The van der Waals surface area contributed by atoms with Crippen molar-refractivity contribution in [2.24, 2.45) is 17.4 Å². The molecule has 14 nitrogen and oxygen atoms in total. The standard InChI is InChI=1S/C39H63N7O7/c1-26(2)23-30-34(50)35(51)31(24-28-17-11-10-12-18-28)43-45-38(4,36(52)33(49)29(41)19-13-16-22-40)20-14-8-6-7-9-15-21-39(5,37(53)42-30)46-44-32(25-47)27(3)48/h6-7,10-12,17-18,25-27,29-32,43-46,48H,8-9,13-16,19-24,40-41H2,1-5H3,(H,42,53)/b7-6-/t27-,29+,30+,31+,32-,38+,39-/m1/s1. The van der Waals surface area contributed by atoms with Gasteiger partial charge < -0.3 is 26.7 Å². The fourth-order valence-electron chi connectivity index (χ4n) is 6.11. The van der Waals surface area contributed by atoms with E-state index >= 15 is 0 Å². The summed E-state index contributed by atoms with van der Waals surface area (Å²) < 4.78 is 0. The van der Waals surface area contributed by atoms with Crippen LogP contribution in [0.5, 0.6) is 0 Å².